The molecule has 0 bridgehead atoms. The van der Waals surface area contributed by atoms with Gasteiger partial charge in [-0.1, -0.05) is 61.7 Å². The van der Waals surface area contributed by atoms with Crippen LogP contribution in [0.5, 0.6) is 11.5 Å². The number of carbonyl (C=O) groups is 5. The summed E-state index contributed by atoms with van der Waals surface area (Å²) in [6, 6.07) is 24.5. The molecule has 5 heterocycles. The average Bonchev–Trinajstić information content (AvgIpc) is 3.61. The number of rotatable bonds is 19. The smallest absolute Gasteiger partial charge is 0.272 e. The molecule has 4 aromatic carbocycles. The summed E-state index contributed by atoms with van der Waals surface area (Å²) in [6.07, 6.45) is 9.07. The van der Waals surface area contributed by atoms with Gasteiger partial charge in [0.05, 0.1) is 43.4 Å². The van der Waals surface area contributed by atoms with Gasteiger partial charge < -0.3 is 39.7 Å². The van der Waals surface area contributed by atoms with E-state index < -0.39 is 17.8 Å². The van der Waals surface area contributed by atoms with Crippen molar-refractivity contribution in [3.05, 3.63) is 135 Å². The number of methoxy groups -OCH3 is 1. The van der Waals surface area contributed by atoms with Crippen molar-refractivity contribution in [3.63, 3.8) is 0 Å². The van der Waals surface area contributed by atoms with E-state index in [1.165, 1.54) is 6.07 Å². The molecule has 0 unspecified atom stereocenters. The number of hydrogen-bond donors (Lipinski definition) is 3. The number of aromatic nitrogens is 2. The molecule has 1 aliphatic carbocycles. The maximum absolute atomic E-state index is 15.2. The Balaban J connectivity index is 0.650. The van der Waals surface area contributed by atoms with Gasteiger partial charge in [-0.2, -0.15) is 5.10 Å². The molecule has 18 nitrogen and oxygen atoms in total. The summed E-state index contributed by atoms with van der Waals surface area (Å²) in [4.78, 5) is 93.7. The van der Waals surface area contributed by atoms with Crippen LogP contribution in [0.15, 0.2) is 89.7 Å². The topological polar surface area (TPSA) is 193 Å². The first kappa shape index (κ1) is 59.0. The van der Waals surface area contributed by atoms with E-state index >= 15 is 4.39 Å². The van der Waals surface area contributed by atoms with Gasteiger partial charge in [-0.25, -0.2) is 9.49 Å². The monoisotopic (exact) mass is 1140 g/mol. The number of nitrogens with zero attached hydrogens (tertiary/aromatic N) is 7. The number of ether oxygens (including phenoxy) is 2. The first-order chi connectivity index (χ1) is 40.4. The van der Waals surface area contributed by atoms with Crippen LogP contribution < -0.4 is 25.7 Å². The zero-order chi connectivity index (χ0) is 57.8. The van der Waals surface area contributed by atoms with Gasteiger partial charge in [0.15, 0.2) is 0 Å². The van der Waals surface area contributed by atoms with Crippen molar-refractivity contribution >= 4 is 40.3 Å². The maximum Gasteiger partial charge on any atom is 0.272 e. The van der Waals surface area contributed by atoms with E-state index in [1.807, 2.05) is 71.3 Å². The minimum Gasteiger partial charge on any atom is -0.497 e. The predicted molar refractivity (Wildman–Crippen MR) is 315 cm³/mol. The number of H-pyrrole nitrogens is 1. The van der Waals surface area contributed by atoms with Crippen LogP contribution in [0.25, 0.3) is 10.8 Å². The fraction of sp³-hybridized carbons (Fsp3) is 0.516. The lowest BCUT2D eigenvalue weighted by molar-refractivity contribution is -0.137. The number of carbonyl (C=O) groups excluding carboxylic acids is 5. The molecule has 2 atom stereocenters. The van der Waals surface area contributed by atoms with Gasteiger partial charge in [0.2, 0.25) is 17.7 Å². The lowest BCUT2D eigenvalue weighted by Gasteiger charge is -2.41. The molecule has 0 radical (unpaired) electrons. The third-order valence-electron chi connectivity index (χ3n) is 17.8. The summed E-state index contributed by atoms with van der Waals surface area (Å²) in [5.74, 6) is 0.913. The van der Waals surface area contributed by atoms with Crippen molar-refractivity contribution in [3.8, 4) is 11.5 Å². The number of piperidine rings is 2. The van der Waals surface area contributed by atoms with Crippen LogP contribution in [0, 0.1) is 17.7 Å². The van der Waals surface area contributed by atoms with Crippen molar-refractivity contribution in [1.29, 1.82) is 0 Å². The van der Waals surface area contributed by atoms with Crippen LogP contribution in [-0.4, -0.2) is 187 Å². The second-order valence-electron chi connectivity index (χ2n) is 23.2. The molecular weight excluding hydrogens is 1060 g/mol. The van der Waals surface area contributed by atoms with Crippen molar-refractivity contribution in [2.75, 3.05) is 112 Å². The van der Waals surface area contributed by atoms with E-state index in [4.69, 9.17) is 9.47 Å². The molecule has 1 aromatic heterocycles. The number of nitrogens with one attached hydrogen (secondary N) is 3. The molecule has 19 heteroatoms. The lowest BCUT2D eigenvalue weighted by Crippen LogP contribution is -2.57. The summed E-state index contributed by atoms with van der Waals surface area (Å²) >= 11 is 0. The van der Waals surface area contributed by atoms with E-state index in [0.29, 0.717) is 118 Å². The highest BCUT2D eigenvalue weighted by atomic mass is 19.1. The van der Waals surface area contributed by atoms with Crippen LogP contribution in [0.1, 0.15) is 114 Å². The fourth-order valence-electron chi connectivity index (χ4n) is 13.0. The average molecular weight is 1140 g/mol. The highest BCUT2D eigenvalue weighted by molar-refractivity contribution is 5.98. The first-order valence-electron chi connectivity index (χ1n) is 30.2. The highest BCUT2D eigenvalue weighted by Crippen LogP contribution is 2.31. The van der Waals surface area contributed by atoms with Crippen LogP contribution in [0.2, 0.25) is 0 Å². The van der Waals surface area contributed by atoms with Gasteiger partial charge in [0.25, 0.3) is 17.4 Å². The van der Waals surface area contributed by atoms with Crippen molar-refractivity contribution in [1.82, 2.24) is 50.2 Å². The Morgan fingerprint density at radius 2 is 1.47 bits per heavy atom. The van der Waals surface area contributed by atoms with Crippen LogP contribution in [0.4, 0.5) is 4.39 Å². The normalized spacial score (nSPS) is 19.1. The number of benzene rings is 4. The van der Waals surface area contributed by atoms with Crippen molar-refractivity contribution in [2.45, 2.75) is 89.6 Å². The predicted octanol–water partition coefficient (Wildman–Crippen LogP) is 6.08. The van der Waals surface area contributed by atoms with E-state index in [2.05, 4.69) is 30.6 Å². The van der Waals surface area contributed by atoms with E-state index in [-0.39, 0.29) is 53.1 Å². The molecule has 10 rings (SSSR count). The maximum atomic E-state index is 15.2. The largest absolute Gasteiger partial charge is 0.497 e. The van der Waals surface area contributed by atoms with E-state index in [1.54, 1.807) is 41.2 Å². The van der Waals surface area contributed by atoms with Gasteiger partial charge in [-0.05, 0) is 118 Å². The summed E-state index contributed by atoms with van der Waals surface area (Å²) in [5, 5.41) is 14.6. The van der Waals surface area contributed by atoms with Gasteiger partial charge >= 0.3 is 0 Å². The summed E-state index contributed by atoms with van der Waals surface area (Å²) < 4.78 is 26.3. The Morgan fingerprint density at radius 1 is 0.723 bits per heavy atom. The molecule has 4 saturated heterocycles. The molecule has 83 heavy (non-hydrogen) atoms. The Bertz CT molecular complexity index is 3140. The second kappa shape index (κ2) is 27.9. The first-order valence-corrected chi connectivity index (χ1v) is 30.2. The highest BCUT2D eigenvalue weighted by Gasteiger charge is 2.37. The van der Waals surface area contributed by atoms with Gasteiger partial charge in [-0.3, -0.25) is 38.6 Å². The molecular formula is C64H81FN10O8. The molecule has 5 amide bonds. The molecule has 442 valence electrons. The second-order valence-corrected chi connectivity index (χ2v) is 23.2. The quantitative estimate of drug-likeness (QED) is 0.0866. The third-order valence-corrected chi connectivity index (χ3v) is 17.8. The molecule has 4 aliphatic heterocycles. The third kappa shape index (κ3) is 14.8. The van der Waals surface area contributed by atoms with E-state index in [9.17, 15) is 28.8 Å². The number of piperazine rings is 2. The molecule has 5 aromatic rings. The molecule has 5 aliphatic rings. The van der Waals surface area contributed by atoms with Crippen LogP contribution in [0.3, 0.4) is 0 Å². The number of aromatic amines is 1. The van der Waals surface area contributed by atoms with Crippen molar-refractivity contribution in [2.24, 2.45) is 11.8 Å². The van der Waals surface area contributed by atoms with Gasteiger partial charge in [0, 0.05) is 113 Å². The Morgan fingerprint density at radius 3 is 2.23 bits per heavy atom. The minimum absolute atomic E-state index is 0.00877. The molecule has 0 spiro atoms. The summed E-state index contributed by atoms with van der Waals surface area (Å²) in [7, 11) is 1.62. The number of fused-ring (bicyclic) bond motifs is 1. The Labute approximate surface area is 486 Å². The zero-order valence-electron chi connectivity index (χ0n) is 48.3. The van der Waals surface area contributed by atoms with E-state index in [0.717, 1.165) is 107 Å². The number of amides is 5. The molecule has 5 fully saturated rings. The summed E-state index contributed by atoms with van der Waals surface area (Å²) in [6.45, 7) is 11.4. The van der Waals surface area contributed by atoms with Crippen LogP contribution >= 0.6 is 0 Å². The van der Waals surface area contributed by atoms with Gasteiger partial charge in [-0.15, -0.1) is 0 Å². The number of hydrogen-bond acceptors (Lipinski definition) is 12. The van der Waals surface area contributed by atoms with Crippen LogP contribution in [-0.2, 0) is 27.3 Å². The SMILES string of the molecule is CCOc1cc(OC)ccc1CNCC(=O)N1CCC[C@H](c2cccc(C(=O)N[C@@H](C(=O)N3CCN(CC4CCN(CC(=O)N5CCN(C(=O)c6cc(Cc7n[nH]c(=O)c8ccccc78)ccc6F)CC5)CC4)CC3)C3CCCCC3)c2)C1. The van der Waals surface area contributed by atoms with Crippen molar-refractivity contribution < 1.29 is 37.8 Å². The number of likely N-dealkylation sites (tertiary alicyclic amines) is 2. The molecule has 3 N–H and O–H groups in total. The Hall–Kier alpha value is -7.22. The number of halogens is 1. The zero-order valence-corrected chi connectivity index (χ0v) is 48.3. The Kier molecular flexibility index (Phi) is 19.8. The minimum atomic E-state index is -0.609. The standard InChI is InChI=1S/C64H81FN10O8/c1-3-83-57-38-51(82-2)20-19-49(57)39-66-40-58(76)75-24-10-15-50(42-75)47-13-9-14-48(37-47)61(78)67-60(46-11-5-4-6-12-46)64(81)74-29-27-71(28-30-74)41-44-22-25-70(26-23-44)43-59(77)72-31-33-73(34-32-72)63(80)54-35-45(18-21-55(54)65)36-56-52-16-7-8-17-53(52)62(79)69-68-56/h7-9,13-14,16-21,35,37-38,44,46,50,60,66H,3-6,10-12,15,22-34,36,39-43H2,1-2H3,(H,67,78)(H,69,79)/t50-,60+/m0/s1. The fourth-order valence-corrected chi connectivity index (χ4v) is 13.0. The summed E-state index contributed by atoms with van der Waals surface area (Å²) in [5.41, 5.74) is 3.51. The van der Waals surface area contributed by atoms with Gasteiger partial charge in [0.1, 0.15) is 23.4 Å². The molecule has 1 saturated carbocycles. The lowest BCUT2D eigenvalue weighted by atomic mass is 9.83.